The molecule has 0 bridgehead atoms. The molecular formula is C20H23NO5. The molecule has 26 heavy (non-hydrogen) atoms. The van der Waals surface area contributed by atoms with Gasteiger partial charge in [-0.1, -0.05) is 6.07 Å². The monoisotopic (exact) mass is 357 g/mol. The Labute approximate surface area is 152 Å². The van der Waals surface area contributed by atoms with Crippen LogP contribution in [0.4, 0.5) is 0 Å². The Kier molecular flexibility index (Phi) is 5.02. The van der Waals surface area contributed by atoms with Gasteiger partial charge in [-0.05, 0) is 37.5 Å². The lowest BCUT2D eigenvalue weighted by Crippen LogP contribution is -2.34. The smallest absolute Gasteiger partial charge is 0.336 e. The zero-order valence-corrected chi connectivity index (χ0v) is 15.5. The number of allylic oxidation sites excluding steroid dienone is 3. The highest BCUT2D eigenvalue weighted by molar-refractivity contribution is 6.03. The number of hydrogen-bond acceptors (Lipinski definition) is 6. The molecule has 0 fully saturated rings. The normalized spacial score (nSPS) is 19.7. The van der Waals surface area contributed by atoms with Crippen molar-refractivity contribution in [3.8, 4) is 11.5 Å². The Hall–Kier alpha value is -2.76. The third kappa shape index (κ3) is 2.96. The van der Waals surface area contributed by atoms with Gasteiger partial charge in [0.05, 0.1) is 26.9 Å². The second-order valence-electron chi connectivity index (χ2n) is 6.37. The summed E-state index contributed by atoms with van der Waals surface area (Å²) in [4.78, 5) is 25.2. The van der Waals surface area contributed by atoms with E-state index in [1.165, 1.54) is 7.11 Å². The van der Waals surface area contributed by atoms with Gasteiger partial charge in [0.1, 0.15) is 0 Å². The number of methoxy groups -OCH3 is 3. The second-order valence-corrected chi connectivity index (χ2v) is 6.37. The lowest BCUT2D eigenvalue weighted by molar-refractivity contribution is -0.136. The molecule has 1 aliphatic carbocycles. The van der Waals surface area contributed by atoms with Crippen LogP contribution in [-0.2, 0) is 14.3 Å². The van der Waals surface area contributed by atoms with E-state index in [1.807, 2.05) is 19.1 Å². The highest BCUT2D eigenvalue weighted by Gasteiger charge is 2.39. The van der Waals surface area contributed by atoms with Gasteiger partial charge in [-0.15, -0.1) is 0 Å². The van der Waals surface area contributed by atoms with Crippen molar-refractivity contribution in [2.75, 3.05) is 21.3 Å². The van der Waals surface area contributed by atoms with Crippen molar-refractivity contribution >= 4 is 11.8 Å². The lowest BCUT2D eigenvalue weighted by Gasteiger charge is -2.34. The summed E-state index contributed by atoms with van der Waals surface area (Å²) in [5, 5.41) is 3.25. The maximum absolute atomic E-state index is 12.7. The molecule has 0 amide bonds. The standard InChI is InChI=1S/C20H23NO5/c1-11-17(20(23)26-4)18(19-13(21-11)6-5-7-14(19)22)12-8-9-15(24-2)16(10-12)25-3/h8-10,18,21H,5-7H2,1-4H3/t18-/m1/s1. The van der Waals surface area contributed by atoms with Crippen LogP contribution in [0.3, 0.4) is 0 Å². The zero-order chi connectivity index (χ0) is 18.8. The summed E-state index contributed by atoms with van der Waals surface area (Å²) in [5.74, 6) is 0.281. The van der Waals surface area contributed by atoms with Crippen molar-refractivity contribution in [1.29, 1.82) is 0 Å². The van der Waals surface area contributed by atoms with E-state index in [0.29, 0.717) is 34.8 Å². The predicted octanol–water partition coefficient (Wildman–Crippen LogP) is 2.84. The van der Waals surface area contributed by atoms with Gasteiger partial charge in [-0.25, -0.2) is 4.79 Å². The molecule has 6 heteroatoms. The SMILES string of the molecule is COC(=O)C1=C(C)NC2=C(C(=O)CCC2)[C@@H]1c1ccc(OC)c(OC)c1. The molecule has 0 unspecified atom stereocenters. The minimum Gasteiger partial charge on any atom is -0.493 e. The number of rotatable bonds is 4. The maximum atomic E-state index is 12.7. The van der Waals surface area contributed by atoms with Gasteiger partial charge in [-0.2, -0.15) is 0 Å². The second kappa shape index (κ2) is 7.23. The topological polar surface area (TPSA) is 73.9 Å². The molecule has 6 nitrogen and oxygen atoms in total. The number of hydrogen-bond donors (Lipinski definition) is 1. The van der Waals surface area contributed by atoms with Crippen molar-refractivity contribution in [2.24, 2.45) is 0 Å². The van der Waals surface area contributed by atoms with E-state index in [9.17, 15) is 9.59 Å². The van der Waals surface area contributed by atoms with Crippen LogP contribution in [0.2, 0.25) is 0 Å². The molecule has 0 radical (unpaired) electrons. The average molecular weight is 357 g/mol. The third-order valence-corrected chi connectivity index (χ3v) is 4.92. The first-order valence-corrected chi connectivity index (χ1v) is 8.56. The Morgan fingerprint density at radius 2 is 1.85 bits per heavy atom. The molecule has 2 aliphatic rings. The molecular weight excluding hydrogens is 334 g/mol. The maximum Gasteiger partial charge on any atom is 0.336 e. The Balaban J connectivity index is 2.20. The van der Waals surface area contributed by atoms with Gasteiger partial charge < -0.3 is 19.5 Å². The first-order valence-electron chi connectivity index (χ1n) is 8.56. The number of esters is 1. The molecule has 3 rings (SSSR count). The fourth-order valence-corrected chi connectivity index (χ4v) is 3.73. The minimum absolute atomic E-state index is 0.0624. The Morgan fingerprint density at radius 3 is 2.50 bits per heavy atom. The molecule has 138 valence electrons. The van der Waals surface area contributed by atoms with E-state index in [0.717, 1.165) is 24.1 Å². The molecule has 0 spiro atoms. The summed E-state index contributed by atoms with van der Waals surface area (Å²) in [5.41, 5.74) is 3.51. The van der Waals surface area contributed by atoms with Crippen molar-refractivity contribution in [1.82, 2.24) is 5.32 Å². The van der Waals surface area contributed by atoms with Crippen LogP contribution in [-0.4, -0.2) is 33.1 Å². The molecule has 0 saturated heterocycles. The van der Waals surface area contributed by atoms with Crippen molar-refractivity contribution in [2.45, 2.75) is 32.1 Å². The molecule has 1 heterocycles. The van der Waals surface area contributed by atoms with Crippen LogP contribution in [0, 0.1) is 0 Å². The van der Waals surface area contributed by atoms with Crippen LogP contribution in [0.5, 0.6) is 11.5 Å². The number of nitrogens with one attached hydrogen (secondary N) is 1. The number of dihydropyridines is 1. The first-order chi connectivity index (χ1) is 12.5. The van der Waals surface area contributed by atoms with Crippen LogP contribution in [0.1, 0.15) is 37.7 Å². The number of benzene rings is 1. The van der Waals surface area contributed by atoms with E-state index in [-0.39, 0.29) is 5.78 Å². The Bertz CT molecular complexity index is 821. The summed E-state index contributed by atoms with van der Waals surface area (Å²) in [6.45, 7) is 1.84. The summed E-state index contributed by atoms with van der Waals surface area (Å²) in [6, 6.07) is 5.46. The van der Waals surface area contributed by atoms with Gasteiger partial charge >= 0.3 is 5.97 Å². The van der Waals surface area contributed by atoms with E-state index in [4.69, 9.17) is 14.2 Å². The van der Waals surface area contributed by atoms with Gasteiger partial charge in [0.25, 0.3) is 0 Å². The van der Waals surface area contributed by atoms with E-state index >= 15 is 0 Å². The number of Topliss-reactive ketones (excluding diaryl/α,β-unsaturated/α-hetero) is 1. The molecule has 1 aromatic rings. The van der Waals surface area contributed by atoms with E-state index < -0.39 is 11.9 Å². The Morgan fingerprint density at radius 1 is 1.12 bits per heavy atom. The summed E-state index contributed by atoms with van der Waals surface area (Å²) < 4.78 is 15.7. The van der Waals surface area contributed by atoms with Gasteiger partial charge in [0, 0.05) is 29.3 Å². The van der Waals surface area contributed by atoms with Crippen molar-refractivity contribution in [3.05, 3.63) is 46.3 Å². The molecule has 0 aromatic heterocycles. The lowest BCUT2D eigenvalue weighted by atomic mass is 9.75. The quantitative estimate of drug-likeness (QED) is 0.836. The van der Waals surface area contributed by atoms with E-state index in [2.05, 4.69) is 5.32 Å². The largest absolute Gasteiger partial charge is 0.493 e. The number of ether oxygens (including phenoxy) is 3. The molecule has 1 aliphatic heterocycles. The minimum atomic E-state index is -0.480. The van der Waals surface area contributed by atoms with Gasteiger partial charge in [0.15, 0.2) is 17.3 Å². The van der Waals surface area contributed by atoms with Gasteiger partial charge in [0.2, 0.25) is 0 Å². The third-order valence-electron chi connectivity index (χ3n) is 4.92. The highest BCUT2D eigenvalue weighted by Crippen LogP contribution is 2.44. The predicted molar refractivity (Wildman–Crippen MR) is 96.0 cm³/mol. The van der Waals surface area contributed by atoms with Crippen LogP contribution < -0.4 is 14.8 Å². The summed E-state index contributed by atoms with van der Waals surface area (Å²) in [7, 11) is 4.47. The molecule has 1 aromatic carbocycles. The number of ketones is 1. The molecule has 1 atom stereocenters. The summed E-state index contributed by atoms with van der Waals surface area (Å²) >= 11 is 0. The average Bonchev–Trinajstić information content (AvgIpc) is 2.66. The zero-order valence-electron chi connectivity index (χ0n) is 15.5. The van der Waals surface area contributed by atoms with Crippen LogP contribution >= 0.6 is 0 Å². The van der Waals surface area contributed by atoms with E-state index in [1.54, 1.807) is 20.3 Å². The van der Waals surface area contributed by atoms with Crippen LogP contribution in [0.25, 0.3) is 0 Å². The van der Waals surface area contributed by atoms with Gasteiger partial charge in [-0.3, -0.25) is 4.79 Å². The summed E-state index contributed by atoms with van der Waals surface area (Å²) in [6.07, 6.45) is 2.08. The fourth-order valence-electron chi connectivity index (χ4n) is 3.73. The number of carbonyl (C=O) groups excluding carboxylic acids is 2. The van der Waals surface area contributed by atoms with Crippen molar-refractivity contribution < 1.29 is 23.8 Å². The molecule has 0 saturated carbocycles. The highest BCUT2D eigenvalue weighted by atomic mass is 16.5. The molecule has 1 N–H and O–H groups in total. The first kappa shape index (κ1) is 18.0. The van der Waals surface area contributed by atoms with Crippen LogP contribution in [0.15, 0.2) is 40.7 Å². The number of carbonyl (C=O) groups is 2. The fraction of sp³-hybridized carbons (Fsp3) is 0.400. The van der Waals surface area contributed by atoms with Crippen molar-refractivity contribution in [3.63, 3.8) is 0 Å².